The van der Waals surface area contributed by atoms with Crippen molar-refractivity contribution in [2.24, 2.45) is 11.8 Å². The first-order valence-corrected chi connectivity index (χ1v) is 6.95. The van der Waals surface area contributed by atoms with Crippen LogP contribution in [-0.4, -0.2) is 23.0 Å². The van der Waals surface area contributed by atoms with E-state index in [1.54, 1.807) is 4.90 Å². The van der Waals surface area contributed by atoms with Crippen LogP contribution in [0, 0.1) is 25.7 Å². The number of nitrogens with zero attached hydrogens (tertiary/aromatic N) is 1. The zero-order valence-electron chi connectivity index (χ0n) is 12.4. The van der Waals surface area contributed by atoms with Crippen molar-refractivity contribution in [3.8, 4) is 0 Å². The van der Waals surface area contributed by atoms with Gasteiger partial charge < -0.3 is 10.0 Å². The van der Waals surface area contributed by atoms with Gasteiger partial charge in [0.25, 0.3) is 0 Å². The normalized spacial score (nSPS) is 26.7. The van der Waals surface area contributed by atoms with Gasteiger partial charge in [-0.15, -0.1) is 0 Å². The van der Waals surface area contributed by atoms with Crippen molar-refractivity contribution in [1.29, 1.82) is 0 Å². The number of rotatable bonds is 2. The molecule has 4 heteroatoms. The van der Waals surface area contributed by atoms with E-state index in [1.807, 2.05) is 45.9 Å². The fraction of sp³-hybridized carbons (Fsp3) is 0.500. The average molecular weight is 275 g/mol. The molecule has 1 aromatic carbocycles. The van der Waals surface area contributed by atoms with Gasteiger partial charge in [0.15, 0.2) is 0 Å². The molecule has 1 fully saturated rings. The minimum absolute atomic E-state index is 0.0138. The van der Waals surface area contributed by atoms with Crippen molar-refractivity contribution in [3.05, 3.63) is 29.3 Å². The van der Waals surface area contributed by atoms with Gasteiger partial charge in [-0.1, -0.05) is 25.1 Å². The van der Waals surface area contributed by atoms with E-state index in [-0.39, 0.29) is 24.3 Å². The largest absolute Gasteiger partial charge is 0.481 e. The molecule has 1 heterocycles. The second-order valence-electron chi connectivity index (χ2n) is 5.79. The van der Waals surface area contributed by atoms with Gasteiger partial charge in [-0.2, -0.15) is 0 Å². The Morgan fingerprint density at radius 3 is 2.30 bits per heavy atom. The predicted molar refractivity (Wildman–Crippen MR) is 77.8 cm³/mol. The SMILES string of the molecule is Cc1cccc(C)c1N1C(=O)CC(C)C(C(=O)O)C1C. The van der Waals surface area contributed by atoms with Crippen LogP contribution in [0.5, 0.6) is 0 Å². The highest BCUT2D eigenvalue weighted by molar-refractivity contribution is 5.98. The number of carbonyl (C=O) groups is 2. The number of benzene rings is 1. The molecule has 0 aliphatic carbocycles. The van der Waals surface area contributed by atoms with Crippen LogP contribution >= 0.6 is 0 Å². The summed E-state index contributed by atoms with van der Waals surface area (Å²) >= 11 is 0. The minimum atomic E-state index is -0.825. The quantitative estimate of drug-likeness (QED) is 0.903. The summed E-state index contributed by atoms with van der Waals surface area (Å²) in [5.74, 6) is -1.46. The van der Waals surface area contributed by atoms with Gasteiger partial charge in [-0.25, -0.2) is 0 Å². The molecule has 0 saturated carbocycles. The van der Waals surface area contributed by atoms with Crippen molar-refractivity contribution < 1.29 is 14.7 Å². The van der Waals surface area contributed by atoms with Crippen LogP contribution in [0.3, 0.4) is 0 Å². The van der Waals surface area contributed by atoms with E-state index in [9.17, 15) is 14.7 Å². The van der Waals surface area contributed by atoms with Crippen LogP contribution in [0.2, 0.25) is 0 Å². The van der Waals surface area contributed by atoms with Crippen LogP contribution < -0.4 is 4.90 Å². The highest BCUT2D eigenvalue weighted by Crippen LogP contribution is 2.36. The van der Waals surface area contributed by atoms with E-state index in [1.165, 1.54) is 0 Å². The lowest BCUT2D eigenvalue weighted by Gasteiger charge is -2.41. The van der Waals surface area contributed by atoms with Crippen LogP contribution in [-0.2, 0) is 9.59 Å². The number of aliphatic carboxylic acids is 1. The Morgan fingerprint density at radius 2 is 1.80 bits per heavy atom. The molecule has 108 valence electrons. The predicted octanol–water partition coefficient (Wildman–Crippen LogP) is 2.77. The number of carboxylic acid groups (broad SMARTS) is 1. The first kappa shape index (κ1) is 14.6. The molecule has 1 amide bonds. The van der Waals surface area contributed by atoms with Crippen LogP contribution in [0.15, 0.2) is 18.2 Å². The number of aryl methyl sites for hydroxylation is 2. The zero-order valence-corrected chi connectivity index (χ0v) is 12.4. The molecule has 20 heavy (non-hydrogen) atoms. The van der Waals surface area contributed by atoms with E-state index in [4.69, 9.17) is 0 Å². The monoisotopic (exact) mass is 275 g/mol. The summed E-state index contributed by atoms with van der Waals surface area (Å²) in [5, 5.41) is 9.43. The highest BCUT2D eigenvalue weighted by atomic mass is 16.4. The molecular formula is C16H21NO3. The Labute approximate surface area is 119 Å². The maximum Gasteiger partial charge on any atom is 0.308 e. The summed E-state index contributed by atoms with van der Waals surface area (Å²) in [6, 6.07) is 5.53. The Hall–Kier alpha value is -1.84. The van der Waals surface area contributed by atoms with Gasteiger partial charge in [-0.3, -0.25) is 9.59 Å². The summed E-state index contributed by atoms with van der Waals surface area (Å²) < 4.78 is 0. The molecule has 1 saturated heterocycles. The second-order valence-corrected chi connectivity index (χ2v) is 5.79. The summed E-state index contributed by atoms with van der Waals surface area (Å²) in [6.45, 7) is 7.58. The Morgan fingerprint density at radius 1 is 1.25 bits per heavy atom. The number of carboxylic acids is 1. The molecule has 0 radical (unpaired) electrons. The lowest BCUT2D eigenvalue weighted by molar-refractivity contribution is -0.146. The molecule has 4 nitrogen and oxygen atoms in total. The van der Waals surface area contributed by atoms with Crippen molar-refractivity contribution in [3.63, 3.8) is 0 Å². The number of anilines is 1. The average Bonchev–Trinajstić information content (AvgIpc) is 2.31. The molecule has 2 rings (SSSR count). The molecule has 0 bridgehead atoms. The third kappa shape index (κ3) is 2.30. The maximum absolute atomic E-state index is 12.4. The number of amides is 1. The Balaban J connectivity index is 2.49. The molecule has 1 N–H and O–H groups in total. The minimum Gasteiger partial charge on any atom is -0.481 e. The smallest absolute Gasteiger partial charge is 0.308 e. The van der Waals surface area contributed by atoms with E-state index in [0.717, 1.165) is 16.8 Å². The van der Waals surface area contributed by atoms with E-state index >= 15 is 0 Å². The third-order valence-corrected chi connectivity index (χ3v) is 4.27. The molecule has 1 aliphatic rings. The third-order valence-electron chi connectivity index (χ3n) is 4.27. The fourth-order valence-corrected chi connectivity index (χ4v) is 3.33. The van der Waals surface area contributed by atoms with Crippen LogP contribution in [0.1, 0.15) is 31.4 Å². The molecule has 0 aromatic heterocycles. The van der Waals surface area contributed by atoms with E-state index < -0.39 is 11.9 Å². The van der Waals surface area contributed by atoms with Crippen molar-refractivity contribution in [2.45, 2.75) is 40.2 Å². The van der Waals surface area contributed by atoms with Crippen molar-refractivity contribution >= 4 is 17.6 Å². The number of carbonyl (C=O) groups excluding carboxylic acids is 1. The maximum atomic E-state index is 12.4. The number of hydrogen-bond donors (Lipinski definition) is 1. The summed E-state index contributed by atoms with van der Waals surface area (Å²) in [5.41, 5.74) is 2.87. The lowest BCUT2D eigenvalue weighted by atomic mass is 9.80. The molecular weight excluding hydrogens is 254 g/mol. The summed E-state index contributed by atoms with van der Waals surface area (Å²) in [4.78, 5) is 25.6. The molecule has 3 unspecified atom stereocenters. The van der Waals surface area contributed by atoms with Crippen molar-refractivity contribution in [2.75, 3.05) is 4.90 Å². The molecule has 3 atom stereocenters. The number of hydrogen-bond acceptors (Lipinski definition) is 2. The van der Waals surface area contributed by atoms with Gasteiger partial charge in [0.1, 0.15) is 0 Å². The van der Waals surface area contributed by atoms with Crippen LogP contribution in [0.4, 0.5) is 5.69 Å². The van der Waals surface area contributed by atoms with E-state index in [0.29, 0.717) is 0 Å². The first-order chi connectivity index (χ1) is 9.34. The number of piperidine rings is 1. The van der Waals surface area contributed by atoms with Crippen LogP contribution in [0.25, 0.3) is 0 Å². The molecule has 1 aromatic rings. The van der Waals surface area contributed by atoms with Crippen molar-refractivity contribution in [1.82, 2.24) is 0 Å². The van der Waals surface area contributed by atoms with Gasteiger partial charge in [-0.05, 0) is 37.8 Å². The van der Waals surface area contributed by atoms with Gasteiger partial charge in [0.05, 0.1) is 5.92 Å². The van der Waals surface area contributed by atoms with Gasteiger partial charge in [0.2, 0.25) is 5.91 Å². The van der Waals surface area contributed by atoms with E-state index in [2.05, 4.69) is 0 Å². The first-order valence-electron chi connectivity index (χ1n) is 6.95. The standard InChI is InChI=1S/C16H21NO3/c1-9-6-5-7-10(2)15(9)17-12(4)14(16(19)20)11(3)8-13(17)18/h5-7,11-12,14H,8H2,1-4H3,(H,19,20). The molecule has 1 aliphatic heterocycles. The van der Waals surface area contributed by atoms with Gasteiger partial charge in [0, 0.05) is 18.2 Å². The fourth-order valence-electron chi connectivity index (χ4n) is 3.33. The Bertz CT molecular complexity index is 532. The summed E-state index contributed by atoms with van der Waals surface area (Å²) in [7, 11) is 0. The summed E-state index contributed by atoms with van der Waals surface area (Å²) in [6.07, 6.45) is 0.287. The van der Waals surface area contributed by atoms with Gasteiger partial charge >= 0.3 is 5.97 Å². The second kappa shape index (κ2) is 5.27. The molecule has 0 spiro atoms. The number of para-hydroxylation sites is 1. The zero-order chi connectivity index (χ0) is 15.0. The Kier molecular flexibility index (Phi) is 3.84. The topological polar surface area (TPSA) is 57.6 Å². The highest BCUT2D eigenvalue weighted by Gasteiger charge is 2.42. The lowest BCUT2D eigenvalue weighted by Crippen LogP contribution is -2.53.